The Labute approximate surface area is 166 Å². The van der Waals surface area contributed by atoms with Crippen LogP contribution in [0.5, 0.6) is 0 Å². The number of hydrogen-bond donors (Lipinski definition) is 1. The van der Waals surface area contributed by atoms with Gasteiger partial charge in [0.1, 0.15) is 0 Å². The second-order valence-electron chi connectivity index (χ2n) is 6.80. The summed E-state index contributed by atoms with van der Waals surface area (Å²) in [6.45, 7) is 3.51. The monoisotopic (exact) mass is 421 g/mol. The Kier molecular flexibility index (Phi) is 5.49. The standard InChI is InChI=1S/C19H23N3O4S2/c1-4-28(25,26)21-17-10-6-8-15(12-17)18-13-19(22(20-18)27(3,23)24)16-9-5-7-14(2)11-16/h5-12,19,21H,4,13H2,1-3H3/t19-/m1/s1. The first-order chi connectivity index (χ1) is 13.1. The summed E-state index contributed by atoms with van der Waals surface area (Å²) in [6.07, 6.45) is 1.54. The predicted octanol–water partition coefficient (Wildman–Crippen LogP) is 2.87. The second kappa shape index (κ2) is 7.56. The molecule has 0 amide bonds. The zero-order valence-corrected chi connectivity index (χ0v) is 17.6. The summed E-state index contributed by atoms with van der Waals surface area (Å²) in [5.74, 6) is -0.0323. The third kappa shape index (κ3) is 4.53. The van der Waals surface area contributed by atoms with Crippen LogP contribution in [-0.4, -0.2) is 39.0 Å². The molecule has 28 heavy (non-hydrogen) atoms. The molecule has 0 aromatic heterocycles. The molecule has 2 aromatic carbocycles. The fraction of sp³-hybridized carbons (Fsp3) is 0.316. The Morgan fingerprint density at radius 2 is 1.82 bits per heavy atom. The highest BCUT2D eigenvalue weighted by molar-refractivity contribution is 7.92. The van der Waals surface area contributed by atoms with E-state index >= 15 is 0 Å². The minimum absolute atomic E-state index is 0.0323. The fourth-order valence-corrected chi connectivity index (χ4v) is 4.64. The van der Waals surface area contributed by atoms with Crippen LogP contribution in [0.25, 0.3) is 0 Å². The molecule has 0 fully saturated rings. The quantitative estimate of drug-likeness (QED) is 0.776. The molecule has 0 spiro atoms. The lowest BCUT2D eigenvalue weighted by atomic mass is 9.98. The molecule has 1 heterocycles. The maximum Gasteiger partial charge on any atom is 0.247 e. The summed E-state index contributed by atoms with van der Waals surface area (Å²) in [4.78, 5) is 0. The Hall–Kier alpha value is -2.39. The number of sulfonamides is 2. The molecule has 3 rings (SSSR count). The number of rotatable bonds is 6. The minimum Gasteiger partial charge on any atom is -0.284 e. The average molecular weight is 422 g/mol. The second-order valence-corrected chi connectivity index (χ2v) is 10.7. The largest absolute Gasteiger partial charge is 0.284 e. The van der Waals surface area contributed by atoms with Crippen molar-refractivity contribution in [3.05, 3.63) is 65.2 Å². The van der Waals surface area contributed by atoms with Crippen molar-refractivity contribution in [1.82, 2.24) is 4.41 Å². The molecule has 7 nitrogen and oxygen atoms in total. The van der Waals surface area contributed by atoms with Crippen LogP contribution < -0.4 is 4.72 Å². The van der Waals surface area contributed by atoms with E-state index in [1.165, 1.54) is 0 Å². The first-order valence-corrected chi connectivity index (χ1v) is 12.3. The van der Waals surface area contributed by atoms with E-state index < -0.39 is 26.1 Å². The van der Waals surface area contributed by atoms with Crippen molar-refractivity contribution in [3.8, 4) is 0 Å². The highest BCUT2D eigenvalue weighted by Crippen LogP contribution is 2.35. The van der Waals surface area contributed by atoms with Crippen molar-refractivity contribution in [2.24, 2.45) is 5.10 Å². The molecule has 150 valence electrons. The first-order valence-electron chi connectivity index (χ1n) is 8.83. The van der Waals surface area contributed by atoms with Crippen LogP contribution in [0.15, 0.2) is 53.6 Å². The van der Waals surface area contributed by atoms with Gasteiger partial charge >= 0.3 is 0 Å². The lowest BCUT2D eigenvalue weighted by Crippen LogP contribution is -2.25. The average Bonchev–Trinajstić information content (AvgIpc) is 3.07. The Morgan fingerprint density at radius 1 is 1.11 bits per heavy atom. The molecule has 0 bridgehead atoms. The van der Waals surface area contributed by atoms with Crippen molar-refractivity contribution < 1.29 is 16.8 Å². The van der Waals surface area contributed by atoms with Gasteiger partial charge in [0.25, 0.3) is 0 Å². The van der Waals surface area contributed by atoms with Crippen LogP contribution in [0.2, 0.25) is 0 Å². The van der Waals surface area contributed by atoms with Gasteiger partial charge in [-0.2, -0.15) is 9.52 Å². The zero-order chi connectivity index (χ0) is 20.5. The van der Waals surface area contributed by atoms with Gasteiger partial charge in [0, 0.05) is 12.1 Å². The predicted molar refractivity (Wildman–Crippen MR) is 111 cm³/mol. The summed E-state index contributed by atoms with van der Waals surface area (Å²) in [5, 5.41) is 4.36. The first kappa shape index (κ1) is 20.3. The van der Waals surface area contributed by atoms with E-state index in [0.29, 0.717) is 23.4 Å². The van der Waals surface area contributed by atoms with E-state index in [9.17, 15) is 16.8 Å². The number of hydrazone groups is 1. The van der Waals surface area contributed by atoms with Gasteiger partial charge in [-0.3, -0.25) is 4.72 Å². The molecule has 0 saturated carbocycles. The molecule has 2 aromatic rings. The minimum atomic E-state index is -3.56. The number of aryl methyl sites for hydroxylation is 1. The summed E-state index contributed by atoms with van der Waals surface area (Å²) in [6, 6.07) is 14.1. The molecule has 0 unspecified atom stereocenters. The van der Waals surface area contributed by atoms with Gasteiger partial charge in [0.15, 0.2) is 0 Å². The number of nitrogens with zero attached hydrogens (tertiary/aromatic N) is 2. The maximum absolute atomic E-state index is 12.3. The van der Waals surface area contributed by atoms with E-state index in [1.807, 2.05) is 31.2 Å². The molecule has 1 aliphatic rings. The SMILES string of the molecule is CCS(=O)(=O)Nc1cccc(C2=NN(S(C)(=O)=O)[C@@H](c3cccc(C)c3)C2)c1. The van der Waals surface area contributed by atoms with Gasteiger partial charge in [-0.15, -0.1) is 0 Å². The number of nitrogens with one attached hydrogen (secondary N) is 1. The maximum atomic E-state index is 12.3. The Balaban J connectivity index is 1.97. The number of hydrogen-bond acceptors (Lipinski definition) is 5. The molecule has 0 saturated heterocycles. The molecular weight excluding hydrogens is 398 g/mol. The van der Waals surface area contributed by atoms with E-state index in [1.54, 1.807) is 31.2 Å². The normalized spacial score (nSPS) is 17.5. The number of benzene rings is 2. The van der Waals surface area contributed by atoms with Crippen LogP contribution in [0.3, 0.4) is 0 Å². The summed E-state index contributed by atoms with van der Waals surface area (Å²) in [5.41, 5.74) is 3.60. The van der Waals surface area contributed by atoms with E-state index in [-0.39, 0.29) is 5.75 Å². The molecular formula is C19H23N3O4S2. The van der Waals surface area contributed by atoms with Crippen molar-refractivity contribution in [3.63, 3.8) is 0 Å². The third-order valence-corrected chi connectivity index (χ3v) is 6.81. The van der Waals surface area contributed by atoms with Gasteiger partial charge < -0.3 is 0 Å². The fourth-order valence-electron chi connectivity index (χ4n) is 3.11. The molecule has 1 N–H and O–H groups in total. The number of anilines is 1. The third-order valence-electron chi connectivity index (χ3n) is 4.49. The lowest BCUT2D eigenvalue weighted by molar-refractivity contribution is 0.374. The van der Waals surface area contributed by atoms with Crippen molar-refractivity contribution in [2.75, 3.05) is 16.7 Å². The van der Waals surface area contributed by atoms with Gasteiger partial charge in [-0.05, 0) is 37.1 Å². The van der Waals surface area contributed by atoms with E-state index in [2.05, 4.69) is 9.82 Å². The van der Waals surface area contributed by atoms with E-state index in [0.717, 1.165) is 21.8 Å². The smallest absolute Gasteiger partial charge is 0.247 e. The van der Waals surface area contributed by atoms with Crippen molar-refractivity contribution in [2.45, 2.75) is 26.3 Å². The highest BCUT2D eigenvalue weighted by atomic mass is 32.2. The highest BCUT2D eigenvalue weighted by Gasteiger charge is 2.34. The molecule has 1 aliphatic heterocycles. The molecule has 0 radical (unpaired) electrons. The molecule has 9 heteroatoms. The molecule has 0 aliphatic carbocycles. The topological polar surface area (TPSA) is 95.9 Å². The molecule has 1 atom stereocenters. The van der Waals surface area contributed by atoms with Gasteiger partial charge in [-0.25, -0.2) is 16.8 Å². The van der Waals surface area contributed by atoms with E-state index in [4.69, 9.17) is 0 Å². The van der Waals surface area contributed by atoms with Crippen molar-refractivity contribution in [1.29, 1.82) is 0 Å². The van der Waals surface area contributed by atoms with Crippen LogP contribution in [0, 0.1) is 6.92 Å². The van der Waals surface area contributed by atoms with Crippen LogP contribution in [-0.2, 0) is 20.0 Å². The summed E-state index contributed by atoms with van der Waals surface area (Å²) < 4.78 is 51.9. The Morgan fingerprint density at radius 3 is 2.46 bits per heavy atom. The van der Waals surface area contributed by atoms with Gasteiger partial charge in [0.2, 0.25) is 20.0 Å². The lowest BCUT2D eigenvalue weighted by Gasteiger charge is -2.21. The van der Waals surface area contributed by atoms with Gasteiger partial charge in [0.05, 0.1) is 23.8 Å². The van der Waals surface area contributed by atoms with Crippen LogP contribution in [0.4, 0.5) is 5.69 Å². The zero-order valence-electron chi connectivity index (χ0n) is 16.0. The van der Waals surface area contributed by atoms with Gasteiger partial charge in [-0.1, -0.05) is 42.0 Å². The van der Waals surface area contributed by atoms with Crippen LogP contribution in [0.1, 0.15) is 36.1 Å². The summed E-state index contributed by atoms with van der Waals surface area (Å²) >= 11 is 0. The Bertz CT molecular complexity index is 1130. The van der Waals surface area contributed by atoms with Crippen molar-refractivity contribution >= 4 is 31.4 Å². The summed E-state index contributed by atoms with van der Waals surface area (Å²) in [7, 11) is -6.96. The van der Waals surface area contributed by atoms with Crippen LogP contribution >= 0.6 is 0 Å².